The molecule has 1 saturated carbocycles. The molecule has 1 aliphatic carbocycles. The maximum Gasteiger partial charge on any atom is 0.279 e. The monoisotopic (exact) mass is 517 g/mol. The van der Waals surface area contributed by atoms with Crippen LogP contribution in [-0.2, 0) is 21.0 Å². The third-order valence-electron chi connectivity index (χ3n) is 7.37. The lowest BCUT2D eigenvalue weighted by Crippen LogP contribution is -2.46. The van der Waals surface area contributed by atoms with Crippen LogP contribution in [0.3, 0.4) is 0 Å². The fourth-order valence-electron chi connectivity index (χ4n) is 5.21. The lowest BCUT2D eigenvalue weighted by Gasteiger charge is -2.46. The van der Waals surface area contributed by atoms with Gasteiger partial charge in [-0.2, -0.15) is 17.4 Å². The van der Waals surface area contributed by atoms with Crippen LogP contribution in [0.2, 0.25) is 5.02 Å². The topological polar surface area (TPSA) is 71.0 Å². The summed E-state index contributed by atoms with van der Waals surface area (Å²) in [5, 5.41) is 0.739. The predicted molar refractivity (Wildman–Crippen MR) is 143 cm³/mol. The van der Waals surface area contributed by atoms with E-state index in [0.717, 1.165) is 41.4 Å². The second kappa shape index (κ2) is 10.2. The molecule has 0 spiro atoms. The lowest BCUT2D eigenvalue weighted by molar-refractivity contribution is 0.319. The Bertz CT molecular complexity index is 1180. The maximum atomic E-state index is 12.4. The van der Waals surface area contributed by atoms with E-state index in [4.69, 9.17) is 21.3 Å². The highest BCUT2D eigenvalue weighted by molar-refractivity contribution is 7.87. The maximum absolute atomic E-state index is 12.4. The van der Waals surface area contributed by atoms with Gasteiger partial charge in [-0.25, -0.2) is 0 Å². The van der Waals surface area contributed by atoms with Crippen molar-refractivity contribution in [2.75, 3.05) is 32.8 Å². The SMILES string of the molecule is CCN(CC)S(=O)(=O)NCCOc1ccc2c(c1)C(C1(c3ccc(Cl)cc3)CCC1)=NCC2(C)C. The van der Waals surface area contributed by atoms with Gasteiger partial charge >= 0.3 is 0 Å². The molecule has 2 aromatic carbocycles. The van der Waals surface area contributed by atoms with E-state index in [2.05, 4.69) is 42.8 Å². The third kappa shape index (κ3) is 5.15. The van der Waals surface area contributed by atoms with E-state index >= 15 is 0 Å². The summed E-state index contributed by atoms with van der Waals surface area (Å²) in [6.07, 6.45) is 3.29. The molecule has 0 aromatic heterocycles. The zero-order valence-electron chi connectivity index (χ0n) is 21.1. The summed E-state index contributed by atoms with van der Waals surface area (Å²) in [6, 6.07) is 14.4. The molecule has 1 fully saturated rings. The average molecular weight is 518 g/mol. The zero-order valence-corrected chi connectivity index (χ0v) is 22.7. The molecule has 2 aliphatic rings. The normalized spacial score (nSPS) is 18.5. The first-order valence-electron chi connectivity index (χ1n) is 12.5. The quantitative estimate of drug-likeness (QED) is 0.446. The molecular weight excluding hydrogens is 482 g/mol. The predicted octanol–water partition coefficient (Wildman–Crippen LogP) is 5.10. The van der Waals surface area contributed by atoms with Gasteiger partial charge in [-0.05, 0) is 48.2 Å². The van der Waals surface area contributed by atoms with E-state index in [1.807, 2.05) is 32.0 Å². The summed E-state index contributed by atoms with van der Waals surface area (Å²) in [6.45, 7) is 10.2. The first kappa shape index (κ1) is 26.1. The number of nitrogens with zero attached hydrogens (tertiary/aromatic N) is 2. The average Bonchev–Trinajstić information content (AvgIpc) is 2.79. The number of fused-ring (bicyclic) bond motifs is 1. The molecule has 0 bridgehead atoms. The molecule has 4 rings (SSSR count). The van der Waals surface area contributed by atoms with E-state index in [0.29, 0.717) is 13.1 Å². The van der Waals surface area contributed by atoms with Crippen LogP contribution in [0.25, 0.3) is 0 Å². The Labute approximate surface area is 214 Å². The van der Waals surface area contributed by atoms with Gasteiger partial charge in [0.15, 0.2) is 0 Å². The fraction of sp³-hybridized carbons (Fsp3) is 0.519. The highest BCUT2D eigenvalue weighted by atomic mass is 35.5. The van der Waals surface area contributed by atoms with Gasteiger partial charge in [0.25, 0.3) is 10.2 Å². The molecule has 1 heterocycles. The number of benzene rings is 2. The second-order valence-corrected chi connectivity index (χ2v) is 12.2. The first-order valence-corrected chi connectivity index (χ1v) is 14.3. The number of aliphatic imine (C=N–C) groups is 1. The van der Waals surface area contributed by atoms with E-state index in [1.165, 1.54) is 21.9 Å². The Morgan fingerprint density at radius 2 is 1.77 bits per heavy atom. The molecule has 0 saturated heterocycles. The number of hydrogen-bond donors (Lipinski definition) is 1. The number of nitrogens with one attached hydrogen (secondary N) is 1. The Kier molecular flexibility index (Phi) is 7.62. The molecule has 0 amide bonds. The fourth-order valence-corrected chi connectivity index (χ4v) is 6.54. The molecule has 0 unspecified atom stereocenters. The summed E-state index contributed by atoms with van der Waals surface area (Å²) >= 11 is 6.18. The molecule has 1 aliphatic heterocycles. The Morgan fingerprint density at radius 1 is 1.09 bits per heavy atom. The molecule has 8 heteroatoms. The number of halogens is 1. The molecule has 2 aromatic rings. The van der Waals surface area contributed by atoms with Crippen LogP contribution in [0.5, 0.6) is 5.75 Å². The van der Waals surface area contributed by atoms with E-state index in [-0.39, 0.29) is 24.0 Å². The molecule has 0 atom stereocenters. The number of rotatable bonds is 10. The summed E-state index contributed by atoms with van der Waals surface area (Å²) in [4.78, 5) is 5.16. The molecule has 190 valence electrons. The standard InChI is InChI=1S/C27H36ClN3O3S/c1-5-31(6-2)35(32,33)30-16-17-34-22-12-13-24-23(18-22)25(29-19-26(24,3)4)27(14-7-15-27)20-8-10-21(28)11-9-20/h8-13,18,30H,5-7,14-17,19H2,1-4H3. The minimum Gasteiger partial charge on any atom is -0.492 e. The van der Waals surface area contributed by atoms with E-state index in [9.17, 15) is 8.42 Å². The van der Waals surface area contributed by atoms with Crippen molar-refractivity contribution in [3.63, 3.8) is 0 Å². The number of hydrogen-bond acceptors (Lipinski definition) is 4. The van der Waals surface area contributed by atoms with Gasteiger partial charge in [0.2, 0.25) is 0 Å². The first-order chi connectivity index (χ1) is 16.6. The van der Waals surface area contributed by atoms with Crippen molar-refractivity contribution in [3.8, 4) is 5.75 Å². The number of ether oxygens (including phenoxy) is 1. The van der Waals surface area contributed by atoms with Crippen molar-refractivity contribution in [2.45, 2.75) is 57.8 Å². The van der Waals surface area contributed by atoms with Crippen molar-refractivity contribution in [1.82, 2.24) is 9.03 Å². The van der Waals surface area contributed by atoms with Crippen molar-refractivity contribution in [3.05, 3.63) is 64.2 Å². The molecular formula is C27H36ClN3O3S. The highest BCUT2D eigenvalue weighted by Gasteiger charge is 2.46. The van der Waals surface area contributed by atoms with Crippen molar-refractivity contribution in [1.29, 1.82) is 0 Å². The molecule has 1 N–H and O–H groups in total. The van der Waals surface area contributed by atoms with Gasteiger partial charge in [-0.3, -0.25) is 4.99 Å². The van der Waals surface area contributed by atoms with Crippen LogP contribution in [-0.4, -0.2) is 51.2 Å². The van der Waals surface area contributed by atoms with E-state index < -0.39 is 10.2 Å². The minimum absolute atomic E-state index is 0.0678. The van der Waals surface area contributed by atoms with Gasteiger partial charge in [0.1, 0.15) is 12.4 Å². The third-order valence-corrected chi connectivity index (χ3v) is 9.38. The summed E-state index contributed by atoms with van der Waals surface area (Å²) in [5.74, 6) is 0.724. The van der Waals surface area contributed by atoms with Gasteiger partial charge in [-0.15, -0.1) is 0 Å². The van der Waals surface area contributed by atoms with Crippen LogP contribution >= 0.6 is 11.6 Å². The summed E-state index contributed by atoms with van der Waals surface area (Å²) in [7, 11) is -3.49. The van der Waals surface area contributed by atoms with Gasteiger partial charge in [0, 0.05) is 47.6 Å². The lowest BCUT2D eigenvalue weighted by atomic mass is 9.58. The van der Waals surface area contributed by atoms with Gasteiger partial charge in [-0.1, -0.05) is 63.9 Å². The van der Waals surface area contributed by atoms with Crippen LogP contribution < -0.4 is 9.46 Å². The zero-order chi connectivity index (χ0) is 25.3. The second-order valence-electron chi connectivity index (χ2n) is 10.0. The summed E-state index contributed by atoms with van der Waals surface area (Å²) < 4.78 is 34.7. The Morgan fingerprint density at radius 3 is 2.37 bits per heavy atom. The highest BCUT2D eigenvalue weighted by Crippen LogP contribution is 2.49. The van der Waals surface area contributed by atoms with Crippen LogP contribution in [0.15, 0.2) is 47.5 Å². The molecule has 6 nitrogen and oxygen atoms in total. The van der Waals surface area contributed by atoms with Crippen LogP contribution in [0.4, 0.5) is 0 Å². The van der Waals surface area contributed by atoms with Gasteiger partial charge in [0.05, 0.1) is 5.71 Å². The largest absolute Gasteiger partial charge is 0.492 e. The molecule has 0 radical (unpaired) electrons. The minimum atomic E-state index is -3.49. The van der Waals surface area contributed by atoms with E-state index in [1.54, 1.807) is 0 Å². The van der Waals surface area contributed by atoms with Crippen molar-refractivity contribution >= 4 is 27.5 Å². The van der Waals surface area contributed by atoms with Crippen molar-refractivity contribution in [2.24, 2.45) is 4.99 Å². The Balaban J connectivity index is 1.56. The van der Waals surface area contributed by atoms with Crippen LogP contribution in [0.1, 0.15) is 63.6 Å². The van der Waals surface area contributed by atoms with Gasteiger partial charge < -0.3 is 4.74 Å². The molecule has 35 heavy (non-hydrogen) atoms. The van der Waals surface area contributed by atoms with Crippen molar-refractivity contribution < 1.29 is 13.2 Å². The Hall–Kier alpha value is -1.93. The summed E-state index contributed by atoms with van der Waals surface area (Å²) in [5.41, 5.74) is 4.63. The van der Waals surface area contributed by atoms with Crippen LogP contribution in [0, 0.1) is 0 Å². The smallest absolute Gasteiger partial charge is 0.279 e.